The second-order valence-electron chi connectivity index (χ2n) is 11.7. The number of allylic oxidation sites excluding steroid dienone is 2. The number of aliphatic hydroxyl groups is 2. The molecule has 39 heavy (non-hydrogen) atoms. The zero-order chi connectivity index (χ0) is 28.9. The van der Waals surface area contributed by atoms with Gasteiger partial charge in [0.05, 0.1) is 11.8 Å². The monoisotopic (exact) mass is 581 g/mol. The van der Waals surface area contributed by atoms with Gasteiger partial charge < -0.3 is 10.2 Å². The first kappa shape index (κ1) is 30.2. The summed E-state index contributed by atoms with van der Waals surface area (Å²) in [6.45, 7) is 2.12. The molecule has 2 saturated carbocycles. The van der Waals surface area contributed by atoms with Crippen molar-refractivity contribution in [1.82, 2.24) is 0 Å². The lowest BCUT2D eigenvalue weighted by Crippen LogP contribution is -2.50. The Hall–Kier alpha value is -1.76. The van der Waals surface area contributed by atoms with Crippen molar-refractivity contribution in [2.45, 2.75) is 101 Å². The summed E-state index contributed by atoms with van der Waals surface area (Å²) >= 11 is 0. The molecule has 0 spiro atoms. The number of halogens is 5. The minimum absolute atomic E-state index is 0.0137. The van der Waals surface area contributed by atoms with E-state index in [-0.39, 0.29) is 34.8 Å². The molecule has 0 radical (unpaired) electrons. The predicted octanol–water partition coefficient (Wildman–Crippen LogP) is 6.16. The first-order chi connectivity index (χ1) is 18.0. The van der Waals surface area contributed by atoms with E-state index in [0.717, 1.165) is 36.8 Å². The van der Waals surface area contributed by atoms with Gasteiger partial charge in [-0.25, -0.2) is 0 Å². The Morgan fingerprint density at radius 3 is 2.51 bits per heavy atom. The average Bonchev–Trinajstić information content (AvgIpc) is 3.14. The van der Waals surface area contributed by atoms with Crippen molar-refractivity contribution in [1.29, 1.82) is 0 Å². The van der Waals surface area contributed by atoms with Crippen LogP contribution in [0.5, 0.6) is 0 Å². The molecule has 0 aliphatic heterocycles. The van der Waals surface area contributed by atoms with Crippen LogP contribution in [0.3, 0.4) is 0 Å². The van der Waals surface area contributed by atoms with Crippen molar-refractivity contribution in [2.75, 3.05) is 4.72 Å². The quantitative estimate of drug-likeness (QED) is 0.121. The highest BCUT2D eigenvalue weighted by atomic mass is 32.2. The molecule has 4 unspecified atom stereocenters. The van der Waals surface area contributed by atoms with E-state index in [4.69, 9.17) is 4.55 Å². The smallest absolute Gasteiger partial charge is 0.393 e. The molecule has 220 valence electrons. The third-order valence-electron chi connectivity index (χ3n) is 9.47. The van der Waals surface area contributed by atoms with E-state index in [1.165, 1.54) is 0 Å². The summed E-state index contributed by atoms with van der Waals surface area (Å²) < 4.78 is 97.8. The predicted molar refractivity (Wildman–Crippen MR) is 136 cm³/mol. The van der Waals surface area contributed by atoms with Gasteiger partial charge in [0.15, 0.2) is 0 Å². The number of anilines is 1. The largest absolute Gasteiger partial charge is 0.456 e. The summed E-state index contributed by atoms with van der Waals surface area (Å²) in [6, 6.07) is 5.23. The first-order valence-electron chi connectivity index (χ1n) is 13.4. The van der Waals surface area contributed by atoms with Gasteiger partial charge in [-0.2, -0.15) is 30.4 Å². The van der Waals surface area contributed by atoms with Gasteiger partial charge >= 0.3 is 22.4 Å². The van der Waals surface area contributed by atoms with Crippen molar-refractivity contribution in [3.8, 4) is 0 Å². The number of alkyl halides is 5. The van der Waals surface area contributed by atoms with Crippen LogP contribution >= 0.6 is 0 Å². The minimum atomic E-state index is -5.79. The Labute approximate surface area is 225 Å². The molecule has 0 amide bonds. The molecule has 0 bridgehead atoms. The summed E-state index contributed by atoms with van der Waals surface area (Å²) in [6.07, 6.45) is -0.154. The Kier molecular flexibility index (Phi) is 8.19. The number of nitrogens with one attached hydrogen (secondary N) is 1. The van der Waals surface area contributed by atoms with Crippen LogP contribution in [0.1, 0.15) is 81.8 Å². The zero-order valence-electron chi connectivity index (χ0n) is 21.7. The van der Waals surface area contributed by atoms with E-state index >= 15 is 0 Å². The SMILES string of the molecule is C[C@]12CCC3c4ccc(NS(=O)(=O)O)cc4CCC3(C=CCCCCC(O)C(F)(F)C(F)(F)F)C1CC[C@@H]2O. The summed E-state index contributed by atoms with van der Waals surface area (Å²) in [7, 11) is -4.41. The Balaban J connectivity index is 1.52. The van der Waals surface area contributed by atoms with Crippen LogP contribution < -0.4 is 4.72 Å². The van der Waals surface area contributed by atoms with Gasteiger partial charge in [0.1, 0.15) is 6.10 Å². The maximum Gasteiger partial charge on any atom is 0.456 e. The number of fused-ring (bicyclic) bond motifs is 5. The summed E-state index contributed by atoms with van der Waals surface area (Å²) in [5.41, 5.74) is 1.79. The number of aryl methyl sites for hydroxylation is 1. The van der Waals surface area contributed by atoms with E-state index < -0.39 is 41.0 Å². The summed E-state index contributed by atoms with van der Waals surface area (Å²) in [5.74, 6) is -4.85. The lowest BCUT2D eigenvalue weighted by atomic mass is 9.47. The molecule has 1 aromatic carbocycles. The number of rotatable bonds is 9. The average molecular weight is 582 g/mol. The van der Waals surface area contributed by atoms with Crippen molar-refractivity contribution in [2.24, 2.45) is 16.7 Å². The van der Waals surface area contributed by atoms with Gasteiger partial charge in [-0.3, -0.25) is 9.27 Å². The number of hydrogen-bond donors (Lipinski definition) is 4. The molecule has 4 N–H and O–H groups in total. The van der Waals surface area contributed by atoms with Crippen LogP contribution in [-0.4, -0.2) is 47.5 Å². The van der Waals surface area contributed by atoms with Crippen molar-refractivity contribution >= 4 is 16.0 Å². The topological polar surface area (TPSA) is 107 Å². The fourth-order valence-electron chi connectivity index (χ4n) is 7.51. The van der Waals surface area contributed by atoms with E-state index in [0.29, 0.717) is 25.7 Å². The molecule has 0 heterocycles. The van der Waals surface area contributed by atoms with Gasteiger partial charge in [-0.15, -0.1) is 0 Å². The second-order valence-corrected chi connectivity index (χ2v) is 12.8. The molecule has 4 rings (SSSR count). The fraction of sp³-hybridized carbons (Fsp3) is 0.704. The maximum absolute atomic E-state index is 13.3. The van der Waals surface area contributed by atoms with Crippen LogP contribution in [-0.2, 0) is 16.7 Å². The molecule has 1 aromatic rings. The maximum atomic E-state index is 13.3. The standard InChI is InChI=1S/C27H36F5NO5S/c1-24-14-12-20-19-8-7-18(33-39(36,37)38)16-17(19)11-15-25(20,21(24)9-10-22(24)34)13-5-3-2-4-6-23(35)26(28,29)27(30,31)32/h5,7-8,13,16,20-23,33-35H,2-4,6,9-12,14-15H2,1H3,(H,36,37,38)/t20?,21?,22-,23?,24-,25?/m0/s1. The zero-order valence-corrected chi connectivity index (χ0v) is 22.5. The van der Waals surface area contributed by atoms with Gasteiger partial charge in [-0.1, -0.05) is 31.6 Å². The molecule has 6 atom stereocenters. The fourth-order valence-corrected chi connectivity index (χ4v) is 7.94. The first-order valence-corrected chi connectivity index (χ1v) is 14.8. The van der Waals surface area contributed by atoms with Crippen LogP contribution in [0, 0.1) is 16.7 Å². The van der Waals surface area contributed by atoms with E-state index in [9.17, 15) is 40.6 Å². The lowest BCUT2D eigenvalue weighted by Gasteiger charge is -2.57. The molecule has 6 nitrogen and oxygen atoms in total. The Morgan fingerprint density at radius 2 is 1.85 bits per heavy atom. The van der Waals surface area contributed by atoms with Crippen molar-refractivity contribution in [3.05, 3.63) is 41.5 Å². The van der Waals surface area contributed by atoms with Crippen molar-refractivity contribution < 1.29 is 45.1 Å². The van der Waals surface area contributed by atoms with Crippen molar-refractivity contribution in [3.63, 3.8) is 0 Å². The van der Waals surface area contributed by atoms with E-state index in [1.807, 2.05) is 12.1 Å². The molecule has 0 saturated heterocycles. The number of aliphatic hydroxyl groups excluding tert-OH is 2. The third-order valence-corrected chi connectivity index (χ3v) is 9.96. The van der Waals surface area contributed by atoms with Crippen LogP contribution in [0.25, 0.3) is 0 Å². The highest BCUT2D eigenvalue weighted by Gasteiger charge is 2.62. The molecular formula is C27H36F5NO5S. The Morgan fingerprint density at radius 1 is 1.13 bits per heavy atom. The van der Waals surface area contributed by atoms with E-state index in [1.54, 1.807) is 12.1 Å². The van der Waals surface area contributed by atoms with Crippen LogP contribution in [0.15, 0.2) is 30.4 Å². The number of unbranched alkanes of at least 4 members (excludes halogenated alkanes) is 2. The molecule has 3 aliphatic rings. The van der Waals surface area contributed by atoms with Gasteiger partial charge in [-0.05, 0) is 104 Å². The lowest BCUT2D eigenvalue weighted by molar-refractivity contribution is -0.313. The summed E-state index contributed by atoms with van der Waals surface area (Å²) in [5, 5.41) is 20.3. The van der Waals surface area contributed by atoms with Gasteiger partial charge in [0.2, 0.25) is 0 Å². The number of benzene rings is 1. The normalized spacial score (nSPS) is 32.0. The molecule has 2 fully saturated rings. The highest BCUT2D eigenvalue weighted by Crippen LogP contribution is 2.67. The minimum Gasteiger partial charge on any atom is -0.393 e. The summed E-state index contributed by atoms with van der Waals surface area (Å²) in [4.78, 5) is 0. The van der Waals surface area contributed by atoms with Crippen LogP contribution in [0.2, 0.25) is 0 Å². The van der Waals surface area contributed by atoms with Crippen LogP contribution in [0.4, 0.5) is 27.6 Å². The third kappa shape index (κ3) is 5.71. The molecular weight excluding hydrogens is 545 g/mol. The molecule has 12 heteroatoms. The number of hydrogen-bond acceptors (Lipinski definition) is 4. The Bertz CT molecular complexity index is 1190. The van der Waals surface area contributed by atoms with Gasteiger partial charge in [0, 0.05) is 0 Å². The van der Waals surface area contributed by atoms with Gasteiger partial charge in [0.25, 0.3) is 0 Å². The molecule has 0 aromatic heterocycles. The molecule has 3 aliphatic carbocycles. The van der Waals surface area contributed by atoms with E-state index in [2.05, 4.69) is 17.7 Å². The second kappa shape index (κ2) is 10.6. The highest BCUT2D eigenvalue weighted by molar-refractivity contribution is 7.87.